The van der Waals surface area contributed by atoms with E-state index in [1.165, 1.54) is 18.4 Å². The summed E-state index contributed by atoms with van der Waals surface area (Å²) in [5, 5.41) is 3.36. The van der Waals surface area contributed by atoms with Crippen molar-refractivity contribution < 1.29 is 0 Å². The van der Waals surface area contributed by atoms with E-state index in [0.717, 1.165) is 38.5 Å². The van der Waals surface area contributed by atoms with Gasteiger partial charge in [0.05, 0.1) is 0 Å². The molecule has 0 spiro atoms. The highest BCUT2D eigenvalue weighted by Crippen LogP contribution is 2.37. The molecule has 2 fully saturated rings. The Morgan fingerprint density at radius 2 is 1.88 bits per heavy atom. The third-order valence-electron chi connectivity index (χ3n) is 3.28. The van der Waals surface area contributed by atoms with Crippen LogP contribution >= 0.6 is 0 Å². The Balaban J connectivity index is 1.60. The van der Waals surface area contributed by atoms with Crippen molar-refractivity contribution in [2.75, 3.05) is 26.2 Å². The fourth-order valence-electron chi connectivity index (χ4n) is 2.13. The summed E-state index contributed by atoms with van der Waals surface area (Å²) in [5.74, 6) is 1.71. The molecule has 16 heavy (non-hydrogen) atoms. The van der Waals surface area contributed by atoms with Crippen LogP contribution < -0.4 is 5.32 Å². The number of nitrogens with one attached hydrogen (secondary N) is 1. The Bertz CT molecular complexity index is 339. The second kappa shape index (κ2) is 4.47. The lowest BCUT2D eigenvalue weighted by molar-refractivity contribution is 0.232. The molecule has 86 valence electrons. The zero-order valence-corrected chi connectivity index (χ0v) is 9.52. The van der Waals surface area contributed by atoms with Crippen LogP contribution in [0.5, 0.6) is 0 Å². The molecule has 4 nitrogen and oxygen atoms in total. The lowest BCUT2D eigenvalue weighted by Crippen LogP contribution is -2.42. The largest absolute Gasteiger partial charge is 0.314 e. The molecule has 4 heteroatoms. The van der Waals surface area contributed by atoms with Crippen LogP contribution in [0.2, 0.25) is 0 Å². The van der Waals surface area contributed by atoms with Crippen molar-refractivity contribution in [3.8, 4) is 0 Å². The highest BCUT2D eigenvalue weighted by Gasteiger charge is 2.26. The topological polar surface area (TPSA) is 41.1 Å². The van der Waals surface area contributed by atoms with Gasteiger partial charge in [-0.25, -0.2) is 9.97 Å². The Morgan fingerprint density at radius 3 is 2.50 bits per heavy atom. The standard InChI is InChI=1S/C12H18N4/c1-2-11(1)12-14-7-10(8-15-12)9-16-5-3-13-4-6-16/h7-8,11,13H,1-6,9H2. The second-order valence-corrected chi connectivity index (χ2v) is 4.75. The summed E-state index contributed by atoms with van der Waals surface area (Å²) >= 11 is 0. The maximum absolute atomic E-state index is 4.45. The average Bonchev–Trinajstić information content (AvgIpc) is 3.15. The molecule has 0 atom stereocenters. The molecule has 0 bridgehead atoms. The average molecular weight is 218 g/mol. The Hall–Kier alpha value is -1.00. The molecule has 2 aliphatic rings. The van der Waals surface area contributed by atoms with Crippen LogP contribution in [0, 0.1) is 0 Å². The Morgan fingerprint density at radius 1 is 1.19 bits per heavy atom. The number of nitrogens with zero attached hydrogens (tertiary/aromatic N) is 3. The van der Waals surface area contributed by atoms with Gasteiger partial charge in [0.1, 0.15) is 5.82 Å². The predicted molar refractivity (Wildman–Crippen MR) is 62.2 cm³/mol. The van der Waals surface area contributed by atoms with Crippen molar-refractivity contribution in [3.63, 3.8) is 0 Å². The summed E-state index contributed by atoms with van der Waals surface area (Å²) in [5.41, 5.74) is 1.24. The van der Waals surface area contributed by atoms with E-state index in [0.29, 0.717) is 5.92 Å². The van der Waals surface area contributed by atoms with Gasteiger partial charge in [0.2, 0.25) is 0 Å². The van der Waals surface area contributed by atoms with Gasteiger partial charge in [-0.05, 0) is 12.8 Å². The number of aromatic nitrogens is 2. The molecule has 1 aromatic heterocycles. The van der Waals surface area contributed by atoms with Crippen LogP contribution in [0.3, 0.4) is 0 Å². The molecule has 2 heterocycles. The van der Waals surface area contributed by atoms with Crippen molar-refractivity contribution >= 4 is 0 Å². The first kappa shape index (κ1) is 10.2. The predicted octanol–water partition coefficient (Wildman–Crippen LogP) is 0.759. The Labute approximate surface area is 96.1 Å². The van der Waals surface area contributed by atoms with Gasteiger partial charge in [-0.3, -0.25) is 4.90 Å². The van der Waals surface area contributed by atoms with Gasteiger partial charge in [-0.15, -0.1) is 0 Å². The van der Waals surface area contributed by atoms with E-state index in [9.17, 15) is 0 Å². The van der Waals surface area contributed by atoms with Crippen LogP contribution in [-0.2, 0) is 6.54 Å². The first-order chi connectivity index (χ1) is 7.92. The highest BCUT2D eigenvalue weighted by atomic mass is 15.2. The molecule has 0 unspecified atom stereocenters. The van der Waals surface area contributed by atoms with Gasteiger partial charge in [0, 0.05) is 56.6 Å². The van der Waals surface area contributed by atoms with Gasteiger partial charge in [0.25, 0.3) is 0 Å². The molecule has 3 rings (SSSR count). The molecular formula is C12H18N4. The van der Waals surface area contributed by atoms with Gasteiger partial charge < -0.3 is 5.32 Å². The molecule has 0 radical (unpaired) electrons. The van der Waals surface area contributed by atoms with E-state index < -0.39 is 0 Å². The fourth-order valence-corrected chi connectivity index (χ4v) is 2.13. The smallest absolute Gasteiger partial charge is 0.131 e. The second-order valence-electron chi connectivity index (χ2n) is 4.75. The zero-order valence-electron chi connectivity index (χ0n) is 9.52. The third-order valence-corrected chi connectivity index (χ3v) is 3.28. The molecule has 0 amide bonds. The van der Waals surface area contributed by atoms with E-state index in [2.05, 4.69) is 20.2 Å². The van der Waals surface area contributed by atoms with Crippen molar-refractivity contribution in [2.24, 2.45) is 0 Å². The normalized spacial score (nSPS) is 22.2. The monoisotopic (exact) mass is 218 g/mol. The van der Waals surface area contributed by atoms with E-state index >= 15 is 0 Å². The minimum absolute atomic E-state index is 0.660. The number of rotatable bonds is 3. The summed E-state index contributed by atoms with van der Waals surface area (Å²) < 4.78 is 0. The van der Waals surface area contributed by atoms with E-state index in [1.54, 1.807) is 0 Å². The first-order valence-corrected chi connectivity index (χ1v) is 6.16. The maximum Gasteiger partial charge on any atom is 0.131 e. The van der Waals surface area contributed by atoms with Crippen LogP contribution in [0.1, 0.15) is 30.1 Å². The first-order valence-electron chi connectivity index (χ1n) is 6.16. The summed E-state index contributed by atoms with van der Waals surface area (Å²) in [4.78, 5) is 11.4. The molecule has 0 aromatic carbocycles. The SMILES string of the molecule is c1nc(C2CC2)ncc1CN1CCNCC1. The summed E-state index contributed by atoms with van der Waals surface area (Å²) in [7, 11) is 0. The highest BCUT2D eigenvalue weighted by molar-refractivity contribution is 5.10. The summed E-state index contributed by atoms with van der Waals surface area (Å²) in [6, 6.07) is 0. The van der Waals surface area contributed by atoms with E-state index in [1.807, 2.05) is 12.4 Å². The Kier molecular flexibility index (Phi) is 2.84. The van der Waals surface area contributed by atoms with E-state index in [4.69, 9.17) is 0 Å². The van der Waals surface area contributed by atoms with Gasteiger partial charge in [-0.2, -0.15) is 0 Å². The van der Waals surface area contributed by atoms with Gasteiger partial charge in [-0.1, -0.05) is 0 Å². The molecule has 1 N–H and O–H groups in total. The number of hydrogen-bond acceptors (Lipinski definition) is 4. The summed E-state index contributed by atoms with van der Waals surface area (Å²) in [6.07, 6.45) is 6.56. The quantitative estimate of drug-likeness (QED) is 0.813. The van der Waals surface area contributed by atoms with Crippen molar-refractivity contribution in [3.05, 3.63) is 23.8 Å². The number of hydrogen-bond donors (Lipinski definition) is 1. The number of piperazine rings is 1. The van der Waals surface area contributed by atoms with Crippen molar-refractivity contribution in [2.45, 2.75) is 25.3 Å². The minimum Gasteiger partial charge on any atom is -0.314 e. The van der Waals surface area contributed by atoms with Crippen LogP contribution in [0.25, 0.3) is 0 Å². The molecule has 1 aliphatic carbocycles. The summed E-state index contributed by atoms with van der Waals surface area (Å²) in [6.45, 7) is 5.45. The molecule has 1 saturated carbocycles. The van der Waals surface area contributed by atoms with E-state index in [-0.39, 0.29) is 0 Å². The molecular weight excluding hydrogens is 200 g/mol. The minimum atomic E-state index is 0.660. The zero-order chi connectivity index (χ0) is 10.8. The van der Waals surface area contributed by atoms with Crippen LogP contribution in [0.15, 0.2) is 12.4 Å². The molecule has 1 saturated heterocycles. The van der Waals surface area contributed by atoms with Crippen LogP contribution in [-0.4, -0.2) is 41.0 Å². The van der Waals surface area contributed by atoms with Crippen molar-refractivity contribution in [1.82, 2.24) is 20.2 Å². The maximum atomic E-state index is 4.45. The van der Waals surface area contributed by atoms with Gasteiger partial charge in [0.15, 0.2) is 0 Å². The van der Waals surface area contributed by atoms with Gasteiger partial charge >= 0.3 is 0 Å². The lowest BCUT2D eigenvalue weighted by atomic mass is 10.2. The third kappa shape index (κ3) is 2.39. The lowest BCUT2D eigenvalue weighted by Gasteiger charge is -2.26. The van der Waals surface area contributed by atoms with Crippen LogP contribution in [0.4, 0.5) is 0 Å². The molecule has 1 aliphatic heterocycles. The van der Waals surface area contributed by atoms with Crippen molar-refractivity contribution in [1.29, 1.82) is 0 Å². The molecule has 1 aromatic rings. The fraction of sp³-hybridized carbons (Fsp3) is 0.667.